The second-order valence-electron chi connectivity index (χ2n) is 5.49. The molecule has 1 saturated heterocycles. The number of carbonyl (C=O) groups excluding carboxylic acids is 1. The van der Waals surface area contributed by atoms with Crippen molar-refractivity contribution in [1.29, 1.82) is 0 Å². The molecule has 0 bridgehead atoms. The Labute approximate surface area is 134 Å². The van der Waals surface area contributed by atoms with Gasteiger partial charge in [-0.1, -0.05) is 17.7 Å². The van der Waals surface area contributed by atoms with Crippen molar-refractivity contribution in [2.75, 3.05) is 33.4 Å². The number of hydrogen-bond donors (Lipinski definition) is 2. The maximum absolute atomic E-state index is 13.2. The van der Waals surface area contributed by atoms with E-state index in [0.717, 1.165) is 5.56 Å². The number of amides is 1. The summed E-state index contributed by atoms with van der Waals surface area (Å²) in [5, 5.41) is 12.4. The van der Waals surface area contributed by atoms with E-state index in [9.17, 15) is 14.3 Å². The maximum atomic E-state index is 13.2. The Bertz CT molecular complexity index is 530. The molecular formula is C15H20ClFN2O3. The third-order valence-electron chi connectivity index (χ3n) is 3.76. The second kappa shape index (κ2) is 7.87. The van der Waals surface area contributed by atoms with Gasteiger partial charge in [-0.2, -0.15) is 0 Å². The van der Waals surface area contributed by atoms with Crippen LogP contribution < -0.4 is 5.32 Å². The molecule has 1 aliphatic rings. The van der Waals surface area contributed by atoms with Gasteiger partial charge in [-0.15, -0.1) is 0 Å². The van der Waals surface area contributed by atoms with E-state index in [4.69, 9.17) is 16.3 Å². The third-order valence-corrected chi connectivity index (χ3v) is 4.05. The van der Waals surface area contributed by atoms with Crippen LogP contribution in [0.4, 0.5) is 4.39 Å². The van der Waals surface area contributed by atoms with Crippen molar-refractivity contribution in [3.8, 4) is 0 Å². The van der Waals surface area contributed by atoms with E-state index in [0.29, 0.717) is 19.6 Å². The molecule has 1 fully saturated rings. The summed E-state index contributed by atoms with van der Waals surface area (Å²) in [5.74, 6) is -0.667. The Balaban J connectivity index is 1.95. The van der Waals surface area contributed by atoms with Crippen molar-refractivity contribution in [2.24, 2.45) is 5.92 Å². The molecule has 7 heteroatoms. The number of methoxy groups -OCH3 is 1. The molecule has 1 aromatic rings. The van der Waals surface area contributed by atoms with Crippen LogP contribution in [0, 0.1) is 11.7 Å². The highest BCUT2D eigenvalue weighted by Crippen LogP contribution is 2.22. The van der Waals surface area contributed by atoms with Crippen LogP contribution in [0.25, 0.3) is 0 Å². The highest BCUT2D eigenvalue weighted by molar-refractivity contribution is 6.30. The van der Waals surface area contributed by atoms with Gasteiger partial charge in [-0.3, -0.25) is 9.69 Å². The van der Waals surface area contributed by atoms with E-state index in [-0.39, 0.29) is 36.1 Å². The van der Waals surface area contributed by atoms with Gasteiger partial charge >= 0.3 is 0 Å². The second-order valence-corrected chi connectivity index (χ2v) is 5.90. The van der Waals surface area contributed by atoms with Gasteiger partial charge in [-0.05, 0) is 17.7 Å². The molecule has 122 valence electrons. The lowest BCUT2D eigenvalue weighted by atomic mass is 10.1. The number of benzene rings is 1. The van der Waals surface area contributed by atoms with Crippen molar-refractivity contribution in [3.63, 3.8) is 0 Å². The fourth-order valence-electron chi connectivity index (χ4n) is 2.71. The SMILES string of the molecule is COCC(=O)N[C@@H]1CN(Cc2ccc(F)c(Cl)c2)C[C@H]1CO. The molecule has 0 saturated carbocycles. The minimum absolute atomic E-state index is 0.00139. The third kappa shape index (κ3) is 4.39. The molecule has 0 radical (unpaired) electrons. The molecule has 1 aliphatic heterocycles. The lowest BCUT2D eigenvalue weighted by molar-refractivity contribution is -0.125. The Morgan fingerprint density at radius 2 is 2.32 bits per heavy atom. The lowest BCUT2D eigenvalue weighted by Gasteiger charge is -2.18. The Morgan fingerprint density at radius 3 is 2.95 bits per heavy atom. The summed E-state index contributed by atoms with van der Waals surface area (Å²) in [6.45, 7) is 1.87. The summed E-state index contributed by atoms with van der Waals surface area (Å²) in [4.78, 5) is 13.7. The molecule has 2 rings (SSSR count). The molecule has 0 unspecified atom stereocenters. The van der Waals surface area contributed by atoms with Crippen LogP contribution in [0.3, 0.4) is 0 Å². The van der Waals surface area contributed by atoms with Crippen molar-refractivity contribution in [1.82, 2.24) is 10.2 Å². The predicted molar refractivity (Wildman–Crippen MR) is 81.1 cm³/mol. The van der Waals surface area contributed by atoms with Gasteiger partial charge in [0, 0.05) is 45.3 Å². The van der Waals surface area contributed by atoms with Crippen molar-refractivity contribution >= 4 is 17.5 Å². The lowest BCUT2D eigenvalue weighted by Crippen LogP contribution is -2.43. The van der Waals surface area contributed by atoms with Gasteiger partial charge in [0.25, 0.3) is 0 Å². The normalized spacial score (nSPS) is 22.0. The number of nitrogens with one attached hydrogen (secondary N) is 1. The number of ether oxygens (including phenoxy) is 1. The van der Waals surface area contributed by atoms with E-state index in [1.165, 1.54) is 13.2 Å². The summed E-state index contributed by atoms with van der Waals surface area (Å²) in [6.07, 6.45) is 0. The Kier molecular flexibility index (Phi) is 6.14. The van der Waals surface area contributed by atoms with Gasteiger partial charge in [0.05, 0.1) is 5.02 Å². The zero-order valence-corrected chi connectivity index (χ0v) is 13.1. The highest BCUT2D eigenvalue weighted by atomic mass is 35.5. The van der Waals surface area contributed by atoms with Crippen LogP contribution >= 0.6 is 11.6 Å². The van der Waals surface area contributed by atoms with Crippen LogP contribution in [0.5, 0.6) is 0 Å². The van der Waals surface area contributed by atoms with Gasteiger partial charge in [-0.25, -0.2) is 4.39 Å². The van der Waals surface area contributed by atoms with Crippen molar-refractivity contribution in [2.45, 2.75) is 12.6 Å². The first-order valence-corrected chi connectivity index (χ1v) is 7.46. The zero-order chi connectivity index (χ0) is 16.1. The number of aliphatic hydroxyl groups excluding tert-OH is 1. The number of likely N-dealkylation sites (tertiary alicyclic amines) is 1. The van der Waals surface area contributed by atoms with Crippen molar-refractivity contribution in [3.05, 3.63) is 34.6 Å². The van der Waals surface area contributed by atoms with Crippen LogP contribution in [0.1, 0.15) is 5.56 Å². The van der Waals surface area contributed by atoms with Crippen LogP contribution in [-0.2, 0) is 16.1 Å². The van der Waals surface area contributed by atoms with E-state index in [1.54, 1.807) is 12.1 Å². The number of halogens is 2. The monoisotopic (exact) mass is 330 g/mol. The average Bonchev–Trinajstić information content (AvgIpc) is 2.84. The molecule has 1 heterocycles. The van der Waals surface area contributed by atoms with Crippen LogP contribution in [0.2, 0.25) is 5.02 Å². The fraction of sp³-hybridized carbons (Fsp3) is 0.533. The number of carbonyl (C=O) groups is 1. The zero-order valence-electron chi connectivity index (χ0n) is 12.4. The largest absolute Gasteiger partial charge is 0.396 e. The first-order chi connectivity index (χ1) is 10.5. The van der Waals surface area contributed by atoms with Crippen LogP contribution in [-0.4, -0.2) is 55.4 Å². The summed E-state index contributed by atoms with van der Waals surface area (Å²) in [7, 11) is 1.46. The van der Waals surface area contributed by atoms with Gasteiger partial charge < -0.3 is 15.2 Å². The van der Waals surface area contributed by atoms with E-state index in [2.05, 4.69) is 10.2 Å². The molecule has 2 N–H and O–H groups in total. The summed E-state index contributed by atoms with van der Waals surface area (Å²) in [6, 6.07) is 4.51. The molecule has 0 aliphatic carbocycles. The van der Waals surface area contributed by atoms with E-state index < -0.39 is 5.82 Å². The molecule has 1 amide bonds. The topological polar surface area (TPSA) is 61.8 Å². The smallest absolute Gasteiger partial charge is 0.246 e. The van der Waals surface area contributed by atoms with Crippen molar-refractivity contribution < 1.29 is 19.0 Å². The molecule has 1 aromatic carbocycles. The molecule has 22 heavy (non-hydrogen) atoms. The summed E-state index contributed by atoms with van der Waals surface area (Å²) >= 11 is 5.78. The number of nitrogens with zero attached hydrogens (tertiary/aromatic N) is 1. The Hall–Kier alpha value is -1.21. The predicted octanol–water partition coefficient (Wildman–Crippen LogP) is 1.03. The highest BCUT2D eigenvalue weighted by Gasteiger charge is 2.33. The van der Waals surface area contributed by atoms with Gasteiger partial charge in [0.2, 0.25) is 5.91 Å². The quantitative estimate of drug-likeness (QED) is 0.818. The van der Waals surface area contributed by atoms with Gasteiger partial charge in [0.15, 0.2) is 0 Å². The van der Waals surface area contributed by atoms with E-state index >= 15 is 0 Å². The number of aliphatic hydroxyl groups is 1. The number of hydrogen-bond acceptors (Lipinski definition) is 4. The standard InChI is InChI=1S/C15H20ClFN2O3/c1-22-9-15(21)18-14-7-19(6-11(14)8-20)5-10-2-3-13(17)12(16)4-10/h2-4,11,14,20H,5-9H2,1H3,(H,18,21)/t11-,14+/m0/s1. The van der Waals surface area contributed by atoms with Crippen LogP contribution in [0.15, 0.2) is 18.2 Å². The molecular weight excluding hydrogens is 311 g/mol. The number of rotatable bonds is 6. The molecule has 0 spiro atoms. The summed E-state index contributed by atoms with van der Waals surface area (Å²) < 4.78 is 18.0. The minimum Gasteiger partial charge on any atom is -0.396 e. The summed E-state index contributed by atoms with van der Waals surface area (Å²) in [5.41, 5.74) is 0.895. The Morgan fingerprint density at radius 1 is 1.55 bits per heavy atom. The molecule has 5 nitrogen and oxygen atoms in total. The maximum Gasteiger partial charge on any atom is 0.246 e. The first kappa shape index (κ1) is 17.1. The fourth-order valence-corrected chi connectivity index (χ4v) is 2.92. The molecule has 0 aromatic heterocycles. The first-order valence-electron chi connectivity index (χ1n) is 7.09. The van der Waals surface area contributed by atoms with Gasteiger partial charge in [0.1, 0.15) is 12.4 Å². The minimum atomic E-state index is -0.440. The molecule has 2 atom stereocenters. The average molecular weight is 331 g/mol. The van der Waals surface area contributed by atoms with E-state index in [1.807, 2.05) is 0 Å².